The van der Waals surface area contributed by atoms with Crippen LogP contribution in [-0.2, 0) is 14.8 Å². The van der Waals surface area contributed by atoms with Gasteiger partial charge in [-0.3, -0.25) is 4.79 Å². The summed E-state index contributed by atoms with van der Waals surface area (Å²) >= 11 is 5.92. The Morgan fingerprint density at radius 3 is 2.62 bits per heavy atom. The van der Waals surface area contributed by atoms with Gasteiger partial charge in [0.25, 0.3) is 0 Å². The van der Waals surface area contributed by atoms with Crippen LogP contribution in [0.15, 0.2) is 23.1 Å². The third kappa shape index (κ3) is 3.94. The van der Waals surface area contributed by atoms with Crippen LogP contribution in [0.1, 0.15) is 25.8 Å². The SMILES string of the molecule is CCN(C(C)CC(=O)O)S(=O)(=O)c1cc(C#N)ccc1Cl. The highest BCUT2D eigenvalue weighted by atomic mass is 35.5. The van der Waals surface area contributed by atoms with Crippen molar-refractivity contribution in [3.8, 4) is 6.07 Å². The molecular formula is C13H15ClN2O4S. The van der Waals surface area contributed by atoms with E-state index in [1.54, 1.807) is 6.92 Å². The van der Waals surface area contributed by atoms with Crippen molar-refractivity contribution in [2.45, 2.75) is 31.2 Å². The zero-order valence-electron chi connectivity index (χ0n) is 11.6. The number of nitrogens with zero attached hydrogens (tertiary/aromatic N) is 2. The lowest BCUT2D eigenvalue weighted by molar-refractivity contribution is -0.137. The number of halogens is 1. The molecule has 0 aliphatic carbocycles. The van der Waals surface area contributed by atoms with Crippen LogP contribution in [0.2, 0.25) is 5.02 Å². The molecule has 0 aliphatic rings. The second-order valence-corrected chi connectivity index (χ2v) is 6.68. The molecule has 0 amide bonds. The van der Waals surface area contributed by atoms with Gasteiger partial charge < -0.3 is 5.11 Å². The van der Waals surface area contributed by atoms with Gasteiger partial charge >= 0.3 is 5.97 Å². The van der Waals surface area contributed by atoms with Crippen molar-refractivity contribution < 1.29 is 18.3 Å². The second kappa shape index (κ2) is 6.89. The van der Waals surface area contributed by atoms with E-state index in [1.165, 1.54) is 25.1 Å². The molecule has 1 unspecified atom stereocenters. The first-order valence-corrected chi connectivity index (χ1v) is 7.99. The summed E-state index contributed by atoms with van der Waals surface area (Å²) in [4.78, 5) is 10.6. The maximum atomic E-state index is 12.6. The zero-order chi connectivity index (χ0) is 16.2. The minimum atomic E-state index is -3.97. The van der Waals surface area contributed by atoms with Crippen LogP contribution in [0.4, 0.5) is 0 Å². The zero-order valence-corrected chi connectivity index (χ0v) is 13.1. The number of aliphatic carboxylic acids is 1. The molecule has 0 radical (unpaired) electrons. The van der Waals surface area contributed by atoms with Crippen molar-refractivity contribution in [3.05, 3.63) is 28.8 Å². The van der Waals surface area contributed by atoms with Gasteiger partial charge in [0.2, 0.25) is 10.0 Å². The fourth-order valence-corrected chi connectivity index (χ4v) is 4.11. The smallest absolute Gasteiger partial charge is 0.304 e. The summed E-state index contributed by atoms with van der Waals surface area (Å²) in [6, 6.07) is 5.07. The molecule has 21 heavy (non-hydrogen) atoms. The number of sulfonamides is 1. The number of hydrogen-bond donors (Lipinski definition) is 1. The van der Waals surface area contributed by atoms with Crippen molar-refractivity contribution in [2.24, 2.45) is 0 Å². The molecule has 6 nitrogen and oxygen atoms in total. The number of hydrogen-bond acceptors (Lipinski definition) is 4. The van der Waals surface area contributed by atoms with Gasteiger partial charge in [-0.25, -0.2) is 8.42 Å². The second-order valence-electron chi connectivity index (χ2n) is 4.41. The van der Waals surface area contributed by atoms with Crippen LogP contribution in [0.5, 0.6) is 0 Å². The van der Waals surface area contributed by atoms with Crippen LogP contribution < -0.4 is 0 Å². The summed E-state index contributed by atoms with van der Waals surface area (Å²) in [6.07, 6.45) is -0.317. The Bertz CT molecular complexity index is 682. The first-order chi connectivity index (χ1) is 9.73. The molecule has 0 bridgehead atoms. The quantitative estimate of drug-likeness (QED) is 0.861. The minimum absolute atomic E-state index is 0.00465. The lowest BCUT2D eigenvalue weighted by Crippen LogP contribution is -2.39. The topological polar surface area (TPSA) is 98.5 Å². The number of nitriles is 1. The monoisotopic (exact) mass is 330 g/mol. The van der Waals surface area contributed by atoms with Gasteiger partial charge in [0, 0.05) is 12.6 Å². The van der Waals surface area contributed by atoms with Crippen LogP contribution in [0, 0.1) is 11.3 Å². The van der Waals surface area contributed by atoms with Gasteiger partial charge in [0.1, 0.15) is 4.90 Å². The van der Waals surface area contributed by atoms with E-state index < -0.39 is 22.0 Å². The highest BCUT2D eigenvalue weighted by Crippen LogP contribution is 2.27. The van der Waals surface area contributed by atoms with Gasteiger partial charge in [0.15, 0.2) is 0 Å². The van der Waals surface area contributed by atoms with Crippen molar-refractivity contribution in [3.63, 3.8) is 0 Å². The highest BCUT2D eigenvalue weighted by molar-refractivity contribution is 7.89. The molecule has 0 saturated heterocycles. The maximum absolute atomic E-state index is 12.6. The normalized spacial score (nSPS) is 12.9. The Morgan fingerprint density at radius 1 is 1.52 bits per heavy atom. The summed E-state index contributed by atoms with van der Waals surface area (Å²) < 4.78 is 26.3. The van der Waals surface area contributed by atoms with Gasteiger partial charge in [-0.15, -0.1) is 0 Å². The van der Waals surface area contributed by atoms with E-state index in [0.717, 1.165) is 4.31 Å². The molecule has 114 valence electrons. The molecule has 1 N–H and O–H groups in total. The first-order valence-electron chi connectivity index (χ1n) is 6.17. The molecule has 0 saturated carbocycles. The third-order valence-electron chi connectivity index (χ3n) is 2.92. The molecule has 1 aromatic rings. The summed E-state index contributed by atoms with van der Waals surface area (Å²) in [7, 11) is -3.97. The minimum Gasteiger partial charge on any atom is -0.481 e. The van der Waals surface area contributed by atoms with Gasteiger partial charge in [-0.2, -0.15) is 9.57 Å². The fraction of sp³-hybridized carbons (Fsp3) is 0.385. The van der Waals surface area contributed by atoms with Crippen LogP contribution >= 0.6 is 11.6 Å². The van der Waals surface area contributed by atoms with E-state index in [4.69, 9.17) is 22.0 Å². The number of benzene rings is 1. The highest BCUT2D eigenvalue weighted by Gasteiger charge is 2.30. The van der Waals surface area contributed by atoms with E-state index in [-0.39, 0.29) is 28.4 Å². The summed E-state index contributed by atoms with van der Waals surface area (Å²) in [5.74, 6) is -1.09. The summed E-state index contributed by atoms with van der Waals surface area (Å²) in [5.41, 5.74) is 0.167. The average molecular weight is 331 g/mol. The Balaban J connectivity index is 3.31. The number of carboxylic acids is 1. The van der Waals surface area contributed by atoms with Crippen molar-refractivity contribution >= 4 is 27.6 Å². The number of carboxylic acid groups (broad SMARTS) is 1. The lowest BCUT2D eigenvalue weighted by Gasteiger charge is -2.26. The summed E-state index contributed by atoms with van der Waals surface area (Å²) in [6.45, 7) is 3.22. The standard InChI is InChI=1S/C13H15ClN2O4S/c1-3-16(9(2)6-13(17)18)21(19,20)12-7-10(8-15)4-5-11(12)14/h4-5,7,9H,3,6H2,1-2H3,(H,17,18). The molecule has 0 fully saturated rings. The molecule has 1 atom stereocenters. The Morgan fingerprint density at radius 2 is 2.14 bits per heavy atom. The van der Waals surface area contributed by atoms with E-state index >= 15 is 0 Å². The van der Waals surface area contributed by atoms with Crippen LogP contribution in [-0.4, -0.2) is 36.4 Å². The Kier molecular flexibility index (Phi) is 5.72. The molecule has 0 aromatic heterocycles. The predicted octanol–water partition coefficient (Wildman–Crippen LogP) is 2.09. The van der Waals surface area contributed by atoms with Gasteiger partial charge in [0.05, 0.1) is 23.1 Å². The molecule has 0 aliphatic heterocycles. The molecule has 0 heterocycles. The molecule has 1 aromatic carbocycles. The third-order valence-corrected chi connectivity index (χ3v) is 5.49. The summed E-state index contributed by atoms with van der Waals surface area (Å²) in [5, 5.41) is 17.7. The van der Waals surface area contributed by atoms with Gasteiger partial charge in [-0.05, 0) is 25.1 Å². The van der Waals surface area contributed by atoms with E-state index in [2.05, 4.69) is 0 Å². The Labute approximate surface area is 128 Å². The first kappa shape index (κ1) is 17.4. The van der Waals surface area contributed by atoms with E-state index in [1.807, 2.05) is 6.07 Å². The maximum Gasteiger partial charge on any atom is 0.304 e. The fourth-order valence-electron chi connectivity index (χ4n) is 1.97. The lowest BCUT2D eigenvalue weighted by atomic mass is 10.2. The van der Waals surface area contributed by atoms with Gasteiger partial charge in [-0.1, -0.05) is 18.5 Å². The van der Waals surface area contributed by atoms with E-state index in [0.29, 0.717) is 0 Å². The van der Waals surface area contributed by atoms with Crippen molar-refractivity contribution in [1.82, 2.24) is 4.31 Å². The number of carbonyl (C=O) groups is 1. The largest absolute Gasteiger partial charge is 0.481 e. The molecule has 0 spiro atoms. The van der Waals surface area contributed by atoms with Crippen LogP contribution in [0.3, 0.4) is 0 Å². The van der Waals surface area contributed by atoms with E-state index in [9.17, 15) is 13.2 Å². The van der Waals surface area contributed by atoms with Crippen molar-refractivity contribution in [2.75, 3.05) is 6.54 Å². The average Bonchev–Trinajstić information content (AvgIpc) is 2.38. The molecule has 8 heteroatoms. The Hall–Kier alpha value is -1.62. The molecule has 1 rings (SSSR count). The predicted molar refractivity (Wildman–Crippen MR) is 77.4 cm³/mol. The van der Waals surface area contributed by atoms with Crippen LogP contribution in [0.25, 0.3) is 0 Å². The van der Waals surface area contributed by atoms with Crippen molar-refractivity contribution in [1.29, 1.82) is 5.26 Å². The molecular weight excluding hydrogens is 316 g/mol. The number of rotatable bonds is 6.